The Labute approximate surface area is 125 Å². The number of nitrogens with zero attached hydrogens (tertiary/aromatic N) is 2. The number of methoxy groups -OCH3 is 1. The number of carbonyl (C=O) groups excluding carboxylic acids is 1. The van der Waals surface area contributed by atoms with Gasteiger partial charge in [0.05, 0.1) is 19.3 Å². The number of halogens is 2. The highest BCUT2D eigenvalue weighted by atomic mass is 19.3. The van der Waals surface area contributed by atoms with Gasteiger partial charge in [0.1, 0.15) is 17.4 Å². The minimum Gasteiger partial charge on any atom is -0.465 e. The van der Waals surface area contributed by atoms with Crippen LogP contribution in [0.4, 0.5) is 14.6 Å². The van der Waals surface area contributed by atoms with Crippen molar-refractivity contribution in [2.24, 2.45) is 0 Å². The number of benzene rings is 1. The van der Waals surface area contributed by atoms with E-state index in [1.54, 1.807) is 0 Å². The van der Waals surface area contributed by atoms with Crippen molar-refractivity contribution in [3.63, 3.8) is 0 Å². The first-order chi connectivity index (χ1) is 10.6. The average Bonchev–Trinajstić information content (AvgIpc) is 2.97. The van der Waals surface area contributed by atoms with Crippen LogP contribution in [0, 0.1) is 0 Å². The minimum atomic E-state index is -2.57. The zero-order valence-corrected chi connectivity index (χ0v) is 11.9. The van der Waals surface area contributed by atoms with Crippen LogP contribution in [0.2, 0.25) is 0 Å². The molecule has 1 aliphatic heterocycles. The van der Waals surface area contributed by atoms with Gasteiger partial charge in [-0.05, 0) is 12.0 Å². The normalized spacial score (nSPS) is 20.4. The summed E-state index contributed by atoms with van der Waals surface area (Å²) in [6.45, 7) is 0. The van der Waals surface area contributed by atoms with Crippen molar-refractivity contribution in [2.75, 3.05) is 12.4 Å². The van der Waals surface area contributed by atoms with Gasteiger partial charge in [0, 0.05) is 0 Å². The Kier molecular flexibility index (Phi) is 3.79. The fourth-order valence-corrected chi connectivity index (χ4v) is 2.70. The molecule has 0 aliphatic carbocycles. The number of hydrogen-bond acceptors (Lipinski definition) is 4. The molecule has 0 saturated heterocycles. The fourth-order valence-electron chi connectivity index (χ4n) is 2.70. The Morgan fingerprint density at radius 2 is 2.14 bits per heavy atom. The lowest BCUT2D eigenvalue weighted by molar-refractivity contribution is 0.0590. The first-order valence-corrected chi connectivity index (χ1v) is 6.87. The fraction of sp³-hybridized carbons (Fsp3) is 0.333. The molecular weight excluding hydrogens is 292 g/mol. The van der Waals surface area contributed by atoms with E-state index < -0.39 is 18.4 Å². The average molecular weight is 307 g/mol. The maximum absolute atomic E-state index is 13.4. The molecule has 0 fully saturated rings. The molecule has 2 unspecified atom stereocenters. The molecule has 0 spiro atoms. The highest BCUT2D eigenvalue weighted by molar-refractivity contribution is 5.94. The summed E-state index contributed by atoms with van der Waals surface area (Å²) in [5, 5.41) is 7.06. The van der Waals surface area contributed by atoms with Crippen LogP contribution in [0.3, 0.4) is 0 Å². The molecular formula is C15H15F2N3O2. The monoisotopic (exact) mass is 307 g/mol. The summed E-state index contributed by atoms with van der Waals surface area (Å²) in [5.74, 6) is -0.326. The van der Waals surface area contributed by atoms with Gasteiger partial charge in [-0.15, -0.1) is 0 Å². The van der Waals surface area contributed by atoms with E-state index in [1.165, 1.54) is 18.0 Å². The SMILES string of the molecule is COC(=O)c1cnn2c1NC(c1ccccc1)CC2C(F)F. The van der Waals surface area contributed by atoms with E-state index in [-0.39, 0.29) is 23.8 Å². The van der Waals surface area contributed by atoms with Crippen LogP contribution in [-0.4, -0.2) is 29.3 Å². The summed E-state index contributed by atoms with van der Waals surface area (Å²) in [6, 6.07) is 7.89. The Hall–Kier alpha value is -2.44. The molecule has 0 amide bonds. The molecule has 0 saturated carbocycles. The zero-order valence-electron chi connectivity index (χ0n) is 11.9. The van der Waals surface area contributed by atoms with E-state index in [4.69, 9.17) is 0 Å². The van der Waals surface area contributed by atoms with Gasteiger partial charge in [-0.2, -0.15) is 5.10 Å². The number of anilines is 1. The summed E-state index contributed by atoms with van der Waals surface area (Å²) in [4.78, 5) is 11.8. The van der Waals surface area contributed by atoms with Crippen LogP contribution in [0.5, 0.6) is 0 Å². The van der Waals surface area contributed by atoms with Gasteiger partial charge in [-0.25, -0.2) is 18.3 Å². The number of aromatic nitrogens is 2. The first kappa shape index (κ1) is 14.5. The largest absolute Gasteiger partial charge is 0.465 e. The van der Waals surface area contributed by atoms with Gasteiger partial charge in [-0.3, -0.25) is 0 Å². The highest BCUT2D eigenvalue weighted by Gasteiger charge is 2.36. The number of rotatable bonds is 3. The molecule has 2 atom stereocenters. The summed E-state index contributed by atoms with van der Waals surface area (Å²) in [7, 11) is 1.24. The molecule has 0 bridgehead atoms. The van der Waals surface area contributed by atoms with Crippen LogP contribution < -0.4 is 5.32 Å². The summed E-state index contributed by atoms with van der Waals surface area (Å²) in [5.41, 5.74) is 1.05. The van der Waals surface area contributed by atoms with Crippen molar-refractivity contribution in [2.45, 2.75) is 24.9 Å². The maximum atomic E-state index is 13.4. The lowest BCUT2D eigenvalue weighted by Gasteiger charge is -2.32. The van der Waals surface area contributed by atoms with E-state index in [0.717, 1.165) is 5.56 Å². The smallest absolute Gasteiger partial charge is 0.343 e. The van der Waals surface area contributed by atoms with Crippen LogP contribution in [0.25, 0.3) is 0 Å². The molecule has 1 N–H and O–H groups in total. The van der Waals surface area contributed by atoms with Crippen LogP contribution >= 0.6 is 0 Å². The van der Waals surface area contributed by atoms with E-state index in [9.17, 15) is 13.6 Å². The van der Waals surface area contributed by atoms with Crippen molar-refractivity contribution in [3.05, 3.63) is 47.7 Å². The predicted molar refractivity (Wildman–Crippen MR) is 76.0 cm³/mol. The number of fused-ring (bicyclic) bond motifs is 1. The summed E-state index contributed by atoms with van der Waals surface area (Å²) >= 11 is 0. The second-order valence-corrected chi connectivity index (χ2v) is 5.09. The minimum absolute atomic E-state index is 0.161. The predicted octanol–water partition coefficient (Wildman–Crippen LogP) is 3.03. The maximum Gasteiger partial charge on any atom is 0.343 e. The molecule has 3 rings (SSSR count). The number of esters is 1. The zero-order chi connectivity index (χ0) is 15.7. The number of nitrogens with one attached hydrogen (secondary N) is 1. The Bertz CT molecular complexity index is 673. The number of ether oxygens (including phenoxy) is 1. The van der Waals surface area contributed by atoms with Crippen molar-refractivity contribution >= 4 is 11.8 Å². The van der Waals surface area contributed by atoms with E-state index in [1.807, 2.05) is 30.3 Å². The van der Waals surface area contributed by atoms with Gasteiger partial charge in [0.25, 0.3) is 6.43 Å². The van der Waals surface area contributed by atoms with Gasteiger partial charge in [-0.1, -0.05) is 30.3 Å². The lowest BCUT2D eigenvalue weighted by Crippen LogP contribution is -2.31. The quantitative estimate of drug-likeness (QED) is 0.886. The van der Waals surface area contributed by atoms with Crippen LogP contribution in [0.1, 0.15) is 34.4 Å². The second-order valence-electron chi connectivity index (χ2n) is 5.09. The van der Waals surface area contributed by atoms with E-state index >= 15 is 0 Å². The number of hydrogen-bond donors (Lipinski definition) is 1. The van der Waals surface area contributed by atoms with Gasteiger partial charge in [0.15, 0.2) is 0 Å². The standard InChI is InChI=1S/C15H15F2N3O2/c1-22-15(21)10-8-18-20-12(13(16)17)7-11(19-14(10)20)9-5-3-2-4-6-9/h2-6,8,11-13,19H,7H2,1H3. The highest BCUT2D eigenvalue weighted by Crippen LogP contribution is 2.39. The molecule has 5 nitrogen and oxygen atoms in total. The van der Waals surface area contributed by atoms with Crippen LogP contribution in [0.15, 0.2) is 36.5 Å². The third-order valence-electron chi connectivity index (χ3n) is 3.80. The summed E-state index contributed by atoms with van der Waals surface area (Å²) < 4.78 is 32.6. The Morgan fingerprint density at radius 1 is 1.41 bits per heavy atom. The summed E-state index contributed by atoms with van der Waals surface area (Å²) in [6.07, 6.45) is -1.12. The molecule has 1 aromatic carbocycles. The molecule has 22 heavy (non-hydrogen) atoms. The first-order valence-electron chi connectivity index (χ1n) is 6.87. The lowest BCUT2D eigenvalue weighted by atomic mass is 9.97. The molecule has 2 aromatic rings. The molecule has 1 aliphatic rings. The molecule has 2 heterocycles. The van der Waals surface area contributed by atoms with E-state index in [2.05, 4.69) is 15.2 Å². The van der Waals surface area contributed by atoms with Crippen molar-refractivity contribution in [1.29, 1.82) is 0 Å². The van der Waals surface area contributed by atoms with Gasteiger partial charge >= 0.3 is 5.97 Å². The third kappa shape index (κ3) is 2.43. The van der Waals surface area contributed by atoms with Crippen LogP contribution in [-0.2, 0) is 4.74 Å². The van der Waals surface area contributed by atoms with Gasteiger partial charge in [0.2, 0.25) is 0 Å². The Morgan fingerprint density at radius 3 is 2.77 bits per heavy atom. The van der Waals surface area contributed by atoms with Crippen molar-refractivity contribution in [1.82, 2.24) is 9.78 Å². The molecule has 7 heteroatoms. The third-order valence-corrected chi connectivity index (χ3v) is 3.80. The number of carbonyl (C=O) groups is 1. The van der Waals surface area contributed by atoms with Crippen molar-refractivity contribution < 1.29 is 18.3 Å². The number of alkyl halides is 2. The van der Waals surface area contributed by atoms with E-state index in [0.29, 0.717) is 0 Å². The van der Waals surface area contributed by atoms with Gasteiger partial charge < -0.3 is 10.1 Å². The molecule has 0 radical (unpaired) electrons. The Balaban J connectivity index is 2.02. The molecule has 116 valence electrons. The van der Waals surface area contributed by atoms with Crippen molar-refractivity contribution in [3.8, 4) is 0 Å². The second kappa shape index (κ2) is 5.75. The molecule has 1 aromatic heterocycles. The topological polar surface area (TPSA) is 56.1 Å².